The Kier molecular flexibility index (Phi) is 5.78. The van der Waals surface area contributed by atoms with Crippen LogP contribution in [-0.2, 0) is 9.53 Å². The van der Waals surface area contributed by atoms with Gasteiger partial charge >= 0.3 is 5.97 Å². The van der Waals surface area contributed by atoms with Gasteiger partial charge in [-0.2, -0.15) is 0 Å². The van der Waals surface area contributed by atoms with Crippen molar-refractivity contribution >= 4 is 17.7 Å². The summed E-state index contributed by atoms with van der Waals surface area (Å²) in [5.41, 5.74) is 0. The van der Waals surface area contributed by atoms with Crippen LogP contribution in [0.3, 0.4) is 0 Å². The molecule has 1 aromatic carbocycles. The number of hydrogen-bond donors (Lipinski definition) is 0. The van der Waals surface area contributed by atoms with Gasteiger partial charge in [-0.1, -0.05) is 18.2 Å². The van der Waals surface area contributed by atoms with Crippen molar-refractivity contribution in [3.63, 3.8) is 0 Å². The monoisotopic (exact) mass is 240 g/mol. The molecule has 0 saturated carbocycles. The van der Waals surface area contributed by atoms with E-state index in [9.17, 15) is 4.79 Å². The molecule has 1 aromatic rings. The van der Waals surface area contributed by atoms with Gasteiger partial charge in [0.25, 0.3) is 0 Å². The first-order valence-corrected chi connectivity index (χ1v) is 6.16. The second-order valence-corrected chi connectivity index (χ2v) is 4.65. The van der Waals surface area contributed by atoms with Gasteiger partial charge in [-0.3, -0.25) is 4.79 Å². The molecule has 0 aliphatic carbocycles. The standard InChI is InChI=1S/C12H16O3S/c1-10(12(13)14-2)16-9-8-15-11-6-4-3-5-7-11/h3-7,10H,8-9H2,1-2H3. The summed E-state index contributed by atoms with van der Waals surface area (Å²) in [6.45, 7) is 2.43. The number of ether oxygens (including phenoxy) is 2. The second-order valence-electron chi connectivity index (χ2n) is 3.20. The molecule has 3 nitrogen and oxygen atoms in total. The van der Waals surface area contributed by atoms with Crippen molar-refractivity contribution in [3.8, 4) is 5.75 Å². The summed E-state index contributed by atoms with van der Waals surface area (Å²) in [6.07, 6.45) is 0. The number of benzene rings is 1. The quantitative estimate of drug-likeness (QED) is 0.565. The molecule has 0 heterocycles. The van der Waals surface area contributed by atoms with Crippen LogP contribution in [0.1, 0.15) is 6.92 Å². The fourth-order valence-electron chi connectivity index (χ4n) is 1.14. The molecule has 4 heteroatoms. The van der Waals surface area contributed by atoms with Gasteiger partial charge in [-0.25, -0.2) is 0 Å². The molecule has 0 bridgehead atoms. The van der Waals surface area contributed by atoms with Crippen LogP contribution in [0.25, 0.3) is 0 Å². The van der Waals surface area contributed by atoms with Crippen LogP contribution in [0.5, 0.6) is 5.75 Å². The van der Waals surface area contributed by atoms with Gasteiger partial charge in [-0.15, -0.1) is 11.8 Å². The summed E-state index contributed by atoms with van der Waals surface area (Å²) >= 11 is 1.53. The second kappa shape index (κ2) is 7.17. The van der Waals surface area contributed by atoms with E-state index in [1.54, 1.807) is 0 Å². The minimum absolute atomic E-state index is 0.135. The highest BCUT2D eigenvalue weighted by molar-refractivity contribution is 8.00. The van der Waals surface area contributed by atoms with Crippen molar-refractivity contribution in [3.05, 3.63) is 30.3 Å². The number of para-hydroxylation sites is 1. The van der Waals surface area contributed by atoms with E-state index in [4.69, 9.17) is 4.74 Å². The Hall–Kier alpha value is -1.16. The van der Waals surface area contributed by atoms with Crippen LogP contribution in [0.15, 0.2) is 30.3 Å². The molecule has 88 valence electrons. The van der Waals surface area contributed by atoms with E-state index < -0.39 is 0 Å². The number of carbonyl (C=O) groups is 1. The summed E-state index contributed by atoms with van der Waals surface area (Å²) in [7, 11) is 1.40. The molecular formula is C12H16O3S. The fourth-order valence-corrected chi connectivity index (χ4v) is 1.90. The maximum atomic E-state index is 11.1. The lowest BCUT2D eigenvalue weighted by molar-refractivity contribution is -0.139. The molecule has 0 N–H and O–H groups in total. The normalized spacial score (nSPS) is 11.9. The zero-order valence-corrected chi connectivity index (χ0v) is 10.3. The van der Waals surface area contributed by atoms with Crippen LogP contribution in [0.4, 0.5) is 0 Å². The third kappa shape index (κ3) is 4.57. The summed E-state index contributed by atoms with van der Waals surface area (Å²) in [5.74, 6) is 1.43. The van der Waals surface area contributed by atoms with Crippen molar-refractivity contribution in [1.29, 1.82) is 0 Å². The minimum atomic E-state index is -0.190. The highest BCUT2D eigenvalue weighted by atomic mass is 32.2. The molecule has 0 aliphatic rings. The Labute approximate surface area is 100 Å². The number of hydrogen-bond acceptors (Lipinski definition) is 4. The van der Waals surface area contributed by atoms with E-state index in [0.29, 0.717) is 6.61 Å². The number of methoxy groups -OCH3 is 1. The average Bonchev–Trinajstić information content (AvgIpc) is 2.34. The maximum absolute atomic E-state index is 11.1. The number of thioether (sulfide) groups is 1. The molecule has 1 atom stereocenters. The number of carbonyl (C=O) groups excluding carboxylic acids is 1. The van der Waals surface area contributed by atoms with Gasteiger partial charge < -0.3 is 9.47 Å². The Morgan fingerprint density at radius 1 is 1.38 bits per heavy atom. The van der Waals surface area contributed by atoms with Gasteiger partial charge in [0, 0.05) is 5.75 Å². The Morgan fingerprint density at radius 2 is 2.06 bits per heavy atom. The highest BCUT2D eigenvalue weighted by Crippen LogP contribution is 2.13. The summed E-state index contributed by atoms with van der Waals surface area (Å²) in [5, 5.41) is -0.135. The third-order valence-corrected chi connectivity index (χ3v) is 3.09. The lowest BCUT2D eigenvalue weighted by Gasteiger charge is -2.09. The van der Waals surface area contributed by atoms with Crippen molar-refractivity contribution in [2.75, 3.05) is 19.5 Å². The summed E-state index contributed by atoms with van der Waals surface area (Å²) in [6, 6.07) is 9.63. The fraction of sp³-hybridized carbons (Fsp3) is 0.417. The van der Waals surface area contributed by atoms with E-state index in [0.717, 1.165) is 11.5 Å². The molecule has 0 spiro atoms. The number of esters is 1. The van der Waals surface area contributed by atoms with Crippen LogP contribution >= 0.6 is 11.8 Å². The van der Waals surface area contributed by atoms with Crippen LogP contribution in [0.2, 0.25) is 0 Å². The first-order valence-electron chi connectivity index (χ1n) is 5.11. The van der Waals surface area contributed by atoms with Crippen molar-refractivity contribution < 1.29 is 14.3 Å². The van der Waals surface area contributed by atoms with Gasteiger partial charge in [0.1, 0.15) is 5.75 Å². The molecular weight excluding hydrogens is 224 g/mol. The topological polar surface area (TPSA) is 35.5 Å². The molecule has 0 saturated heterocycles. The van der Waals surface area contributed by atoms with Gasteiger partial charge in [-0.05, 0) is 19.1 Å². The number of rotatable bonds is 6. The molecule has 0 aliphatic heterocycles. The SMILES string of the molecule is COC(=O)C(C)SCCOc1ccccc1. The van der Waals surface area contributed by atoms with Crippen molar-refractivity contribution in [2.45, 2.75) is 12.2 Å². The lowest BCUT2D eigenvalue weighted by atomic mass is 10.3. The van der Waals surface area contributed by atoms with Crippen LogP contribution in [-0.4, -0.2) is 30.7 Å². The zero-order valence-electron chi connectivity index (χ0n) is 9.51. The van der Waals surface area contributed by atoms with Crippen molar-refractivity contribution in [1.82, 2.24) is 0 Å². The van der Waals surface area contributed by atoms with Gasteiger partial charge in [0.15, 0.2) is 0 Å². The minimum Gasteiger partial charge on any atom is -0.493 e. The molecule has 0 amide bonds. The molecule has 0 fully saturated rings. The predicted molar refractivity (Wildman–Crippen MR) is 65.9 cm³/mol. The highest BCUT2D eigenvalue weighted by Gasteiger charge is 2.12. The predicted octanol–water partition coefficient (Wildman–Crippen LogP) is 2.36. The molecule has 1 rings (SSSR count). The average molecular weight is 240 g/mol. The first-order chi connectivity index (χ1) is 7.74. The Bertz CT molecular complexity index is 313. The van der Waals surface area contributed by atoms with Gasteiger partial charge in [0.05, 0.1) is 19.0 Å². The lowest BCUT2D eigenvalue weighted by Crippen LogP contribution is -2.16. The molecule has 0 radical (unpaired) electrons. The third-order valence-electron chi connectivity index (χ3n) is 2.00. The molecule has 0 aromatic heterocycles. The first kappa shape index (κ1) is 12.9. The zero-order chi connectivity index (χ0) is 11.8. The van der Waals surface area contributed by atoms with E-state index in [-0.39, 0.29) is 11.2 Å². The van der Waals surface area contributed by atoms with Gasteiger partial charge in [0.2, 0.25) is 0 Å². The van der Waals surface area contributed by atoms with Crippen LogP contribution in [0, 0.1) is 0 Å². The Balaban J connectivity index is 2.15. The van der Waals surface area contributed by atoms with E-state index in [1.807, 2.05) is 37.3 Å². The molecule has 1 unspecified atom stereocenters. The summed E-state index contributed by atoms with van der Waals surface area (Å²) in [4.78, 5) is 11.1. The van der Waals surface area contributed by atoms with E-state index >= 15 is 0 Å². The van der Waals surface area contributed by atoms with Crippen LogP contribution < -0.4 is 4.74 Å². The van der Waals surface area contributed by atoms with E-state index in [1.165, 1.54) is 18.9 Å². The summed E-state index contributed by atoms with van der Waals surface area (Å²) < 4.78 is 10.1. The smallest absolute Gasteiger partial charge is 0.318 e. The van der Waals surface area contributed by atoms with E-state index in [2.05, 4.69) is 4.74 Å². The Morgan fingerprint density at radius 3 is 2.69 bits per heavy atom. The maximum Gasteiger partial charge on any atom is 0.318 e. The largest absolute Gasteiger partial charge is 0.493 e. The molecule has 16 heavy (non-hydrogen) atoms. The van der Waals surface area contributed by atoms with Crippen molar-refractivity contribution in [2.24, 2.45) is 0 Å².